The van der Waals surface area contributed by atoms with Crippen molar-refractivity contribution in [3.8, 4) is 5.88 Å². The summed E-state index contributed by atoms with van der Waals surface area (Å²) in [6, 6.07) is 2.17. The summed E-state index contributed by atoms with van der Waals surface area (Å²) in [5.41, 5.74) is 0.903. The molecule has 20 heavy (non-hydrogen) atoms. The molecule has 1 aliphatic rings. The fourth-order valence-corrected chi connectivity index (χ4v) is 2.58. The van der Waals surface area contributed by atoms with Gasteiger partial charge in [-0.15, -0.1) is 0 Å². The van der Waals surface area contributed by atoms with E-state index >= 15 is 0 Å². The number of hydrogen-bond donors (Lipinski definition) is 0. The largest absolute Gasteiger partial charge is 0.479 e. The SMILES string of the molecule is CCC(C)N1CCN(Cc2cnc(OC)c(F)c2)CC1. The Labute approximate surface area is 120 Å². The first-order chi connectivity index (χ1) is 9.63. The molecule has 2 rings (SSSR count). The lowest BCUT2D eigenvalue weighted by atomic mass is 10.1. The highest BCUT2D eigenvalue weighted by molar-refractivity contribution is 5.20. The van der Waals surface area contributed by atoms with E-state index in [0.29, 0.717) is 6.04 Å². The summed E-state index contributed by atoms with van der Waals surface area (Å²) in [6.45, 7) is 9.47. The highest BCUT2D eigenvalue weighted by Gasteiger charge is 2.20. The van der Waals surface area contributed by atoms with E-state index in [9.17, 15) is 4.39 Å². The van der Waals surface area contributed by atoms with Crippen LogP contribution in [0, 0.1) is 5.82 Å². The highest BCUT2D eigenvalue weighted by atomic mass is 19.1. The molecule has 1 aliphatic heterocycles. The third-order valence-electron chi connectivity index (χ3n) is 4.08. The van der Waals surface area contributed by atoms with Crippen molar-refractivity contribution >= 4 is 0 Å². The maximum Gasteiger partial charge on any atom is 0.250 e. The van der Waals surface area contributed by atoms with Gasteiger partial charge in [-0.3, -0.25) is 9.80 Å². The molecule has 0 N–H and O–H groups in total. The minimum atomic E-state index is -0.386. The van der Waals surface area contributed by atoms with Crippen molar-refractivity contribution in [3.63, 3.8) is 0 Å². The maximum absolute atomic E-state index is 13.6. The molecule has 0 aromatic carbocycles. The summed E-state index contributed by atoms with van der Waals surface area (Å²) in [4.78, 5) is 8.85. The lowest BCUT2D eigenvalue weighted by Crippen LogP contribution is -2.49. The maximum atomic E-state index is 13.6. The average molecular weight is 281 g/mol. The third kappa shape index (κ3) is 3.67. The molecule has 112 valence electrons. The Morgan fingerprint density at radius 3 is 2.60 bits per heavy atom. The quantitative estimate of drug-likeness (QED) is 0.827. The van der Waals surface area contributed by atoms with E-state index in [4.69, 9.17) is 4.74 Å². The molecule has 5 heteroatoms. The van der Waals surface area contributed by atoms with Crippen LogP contribution in [0.3, 0.4) is 0 Å². The van der Waals surface area contributed by atoms with Gasteiger partial charge in [0.05, 0.1) is 7.11 Å². The molecule has 0 saturated carbocycles. The van der Waals surface area contributed by atoms with E-state index in [1.165, 1.54) is 19.6 Å². The van der Waals surface area contributed by atoms with E-state index < -0.39 is 0 Å². The monoisotopic (exact) mass is 281 g/mol. The van der Waals surface area contributed by atoms with Crippen LogP contribution in [0.1, 0.15) is 25.8 Å². The van der Waals surface area contributed by atoms with Crippen LogP contribution in [0.2, 0.25) is 0 Å². The van der Waals surface area contributed by atoms with Gasteiger partial charge in [0.25, 0.3) is 0 Å². The number of hydrogen-bond acceptors (Lipinski definition) is 4. The second-order valence-electron chi connectivity index (χ2n) is 5.40. The van der Waals surface area contributed by atoms with Gasteiger partial charge in [0.15, 0.2) is 5.82 Å². The molecule has 2 heterocycles. The van der Waals surface area contributed by atoms with Crippen molar-refractivity contribution in [3.05, 3.63) is 23.6 Å². The smallest absolute Gasteiger partial charge is 0.250 e. The van der Waals surface area contributed by atoms with Crippen LogP contribution in [0.25, 0.3) is 0 Å². The van der Waals surface area contributed by atoms with Gasteiger partial charge in [-0.05, 0) is 25.0 Å². The third-order valence-corrected chi connectivity index (χ3v) is 4.08. The van der Waals surface area contributed by atoms with E-state index in [2.05, 4.69) is 28.6 Å². The molecule has 0 amide bonds. The van der Waals surface area contributed by atoms with Crippen molar-refractivity contribution < 1.29 is 9.13 Å². The predicted molar refractivity (Wildman–Crippen MR) is 77.4 cm³/mol. The fraction of sp³-hybridized carbons (Fsp3) is 0.667. The Hall–Kier alpha value is -1.20. The minimum Gasteiger partial charge on any atom is -0.479 e. The second kappa shape index (κ2) is 6.99. The van der Waals surface area contributed by atoms with Crippen molar-refractivity contribution in [1.82, 2.24) is 14.8 Å². The zero-order valence-electron chi connectivity index (χ0n) is 12.6. The van der Waals surface area contributed by atoms with Gasteiger partial charge in [-0.1, -0.05) is 6.92 Å². The van der Waals surface area contributed by atoms with Gasteiger partial charge in [0.1, 0.15) is 0 Å². The van der Waals surface area contributed by atoms with Gasteiger partial charge >= 0.3 is 0 Å². The first-order valence-corrected chi connectivity index (χ1v) is 7.28. The summed E-state index contributed by atoms with van der Waals surface area (Å²) in [5, 5.41) is 0. The summed E-state index contributed by atoms with van der Waals surface area (Å²) in [7, 11) is 1.43. The molecule has 1 aromatic heterocycles. The number of halogens is 1. The van der Waals surface area contributed by atoms with E-state index in [1.807, 2.05) is 0 Å². The van der Waals surface area contributed by atoms with Crippen molar-refractivity contribution in [2.45, 2.75) is 32.9 Å². The van der Waals surface area contributed by atoms with E-state index in [0.717, 1.165) is 38.3 Å². The fourth-order valence-electron chi connectivity index (χ4n) is 2.58. The number of pyridine rings is 1. The number of rotatable bonds is 5. The number of piperazine rings is 1. The Bertz CT molecular complexity index is 433. The Morgan fingerprint density at radius 2 is 2.05 bits per heavy atom. The summed E-state index contributed by atoms with van der Waals surface area (Å²) < 4.78 is 18.4. The molecular weight excluding hydrogens is 257 g/mol. The van der Waals surface area contributed by atoms with Crippen LogP contribution >= 0.6 is 0 Å². The van der Waals surface area contributed by atoms with Crippen LogP contribution in [0.15, 0.2) is 12.3 Å². The molecule has 1 unspecified atom stereocenters. The average Bonchev–Trinajstić information content (AvgIpc) is 2.47. The molecule has 1 fully saturated rings. The lowest BCUT2D eigenvalue weighted by molar-refractivity contribution is 0.0962. The molecule has 1 aromatic rings. The summed E-state index contributed by atoms with van der Waals surface area (Å²) in [5.74, 6) is -0.321. The topological polar surface area (TPSA) is 28.6 Å². The van der Waals surface area contributed by atoms with Crippen molar-refractivity contribution in [2.24, 2.45) is 0 Å². The molecule has 0 spiro atoms. The molecular formula is C15H24FN3O. The molecule has 0 radical (unpaired) electrons. The normalized spacial score (nSPS) is 19.0. The van der Waals surface area contributed by atoms with Crippen LogP contribution < -0.4 is 4.74 Å². The molecule has 4 nitrogen and oxygen atoms in total. The summed E-state index contributed by atoms with van der Waals surface area (Å²) >= 11 is 0. The van der Waals surface area contributed by atoms with Gasteiger partial charge in [0.2, 0.25) is 5.88 Å². The first kappa shape index (κ1) is 15.2. The van der Waals surface area contributed by atoms with Crippen molar-refractivity contribution in [2.75, 3.05) is 33.3 Å². The highest BCUT2D eigenvalue weighted by Crippen LogP contribution is 2.16. The Kier molecular flexibility index (Phi) is 5.31. The summed E-state index contributed by atoms with van der Waals surface area (Å²) in [6.07, 6.45) is 2.89. The Balaban J connectivity index is 1.88. The number of ether oxygens (including phenoxy) is 1. The van der Waals surface area contributed by atoms with Crippen LogP contribution in [0.4, 0.5) is 4.39 Å². The molecule has 1 saturated heterocycles. The minimum absolute atomic E-state index is 0.0651. The first-order valence-electron chi connectivity index (χ1n) is 7.28. The van der Waals surface area contributed by atoms with Crippen LogP contribution in [-0.4, -0.2) is 54.1 Å². The number of aromatic nitrogens is 1. The zero-order chi connectivity index (χ0) is 14.5. The van der Waals surface area contributed by atoms with E-state index in [1.54, 1.807) is 6.20 Å². The van der Waals surface area contributed by atoms with Gasteiger partial charge in [0, 0.05) is 45.0 Å². The van der Waals surface area contributed by atoms with Gasteiger partial charge in [-0.25, -0.2) is 9.37 Å². The standard InChI is InChI=1S/C15H24FN3O/c1-4-12(2)19-7-5-18(6-8-19)11-13-9-14(16)15(20-3)17-10-13/h9-10,12H,4-8,11H2,1-3H3. The molecule has 0 aliphatic carbocycles. The predicted octanol–water partition coefficient (Wildman–Crippen LogP) is 2.15. The van der Waals surface area contributed by atoms with Gasteiger partial charge < -0.3 is 4.74 Å². The number of methoxy groups -OCH3 is 1. The van der Waals surface area contributed by atoms with Crippen LogP contribution in [0.5, 0.6) is 5.88 Å². The second-order valence-corrected chi connectivity index (χ2v) is 5.40. The Morgan fingerprint density at radius 1 is 1.35 bits per heavy atom. The molecule has 0 bridgehead atoms. The zero-order valence-corrected chi connectivity index (χ0v) is 12.6. The van der Waals surface area contributed by atoms with E-state index in [-0.39, 0.29) is 11.7 Å². The lowest BCUT2D eigenvalue weighted by Gasteiger charge is -2.37. The van der Waals surface area contributed by atoms with Crippen molar-refractivity contribution in [1.29, 1.82) is 0 Å². The van der Waals surface area contributed by atoms with Crippen LogP contribution in [-0.2, 0) is 6.54 Å². The van der Waals surface area contributed by atoms with Gasteiger partial charge in [-0.2, -0.15) is 0 Å². The number of nitrogens with zero attached hydrogens (tertiary/aromatic N) is 3. The molecule has 1 atom stereocenters.